The molecule has 4 rings (SSSR count). The number of aromatic nitrogens is 2. The summed E-state index contributed by atoms with van der Waals surface area (Å²) in [5, 5.41) is 1.14. The predicted octanol–water partition coefficient (Wildman–Crippen LogP) is 3.92. The third-order valence-corrected chi connectivity index (χ3v) is 4.30. The first-order chi connectivity index (χ1) is 11.8. The molecule has 0 amide bonds. The SMILES string of the molecule is Cc1cc[c-]c(-c2[c-]cccc2)c1-c1c2ccccc2nc[n+]1C.[B].[Y]. The third kappa shape index (κ3) is 3.65. The number of aryl methyl sites for hydroxylation is 2. The van der Waals surface area contributed by atoms with Crippen LogP contribution in [0, 0.1) is 19.1 Å². The van der Waals surface area contributed by atoms with E-state index < -0.39 is 0 Å². The molecule has 0 aliphatic heterocycles. The van der Waals surface area contributed by atoms with Crippen LogP contribution in [-0.4, -0.2) is 13.4 Å². The maximum absolute atomic E-state index is 4.54. The van der Waals surface area contributed by atoms with Crippen LogP contribution >= 0.6 is 0 Å². The summed E-state index contributed by atoms with van der Waals surface area (Å²) < 4.78 is 2.09. The molecule has 0 bridgehead atoms. The van der Waals surface area contributed by atoms with Crippen molar-refractivity contribution in [2.45, 2.75) is 6.92 Å². The molecular weight excluding hydrogens is 392 g/mol. The second-order valence-corrected chi connectivity index (χ2v) is 5.91. The molecule has 1 heterocycles. The van der Waals surface area contributed by atoms with Crippen LogP contribution in [0.15, 0.2) is 67.0 Å². The van der Waals surface area contributed by atoms with Gasteiger partial charge in [0.25, 0.3) is 6.33 Å². The molecule has 0 aliphatic carbocycles. The minimum Gasteiger partial charge on any atom is -0.241 e. The Hall–Kier alpha value is -1.83. The van der Waals surface area contributed by atoms with Gasteiger partial charge in [0.15, 0.2) is 5.52 Å². The summed E-state index contributed by atoms with van der Waals surface area (Å²) in [6, 6.07) is 27.2. The van der Waals surface area contributed by atoms with Gasteiger partial charge < -0.3 is 0 Å². The van der Waals surface area contributed by atoms with Crippen molar-refractivity contribution in [2.24, 2.45) is 7.05 Å². The van der Waals surface area contributed by atoms with E-state index in [1.54, 1.807) is 0 Å². The molecule has 0 N–H and O–H groups in total. The molecule has 4 aromatic rings. The topological polar surface area (TPSA) is 16.8 Å². The number of rotatable bonds is 2. The second kappa shape index (κ2) is 8.70. The van der Waals surface area contributed by atoms with Crippen molar-refractivity contribution in [3.63, 3.8) is 0 Å². The van der Waals surface area contributed by atoms with E-state index in [0.717, 1.165) is 27.7 Å². The quantitative estimate of drug-likeness (QED) is 0.279. The van der Waals surface area contributed by atoms with Crippen LogP contribution in [0.25, 0.3) is 33.3 Å². The van der Waals surface area contributed by atoms with Gasteiger partial charge >= 0.3 is 0 Å². The number of hydrogen-bond donors (Lipinski definition) is 0. The van der Waals surface area contributed by atoms with Crippen LogP contribution in [0.1, 0.15) is 5.56 Å². The normalized spacial score (nSPS) is 10.1. The largest absolute Gasteiger partial charge is 0.286 e. The first-order valence-corrected chi connectivity index (χ1v) is 7.98. The second-order valence-electron chi connectivity index (χ2n) is 5.91. The first-order valence-electron chi connectivity index (χ1n) is 7.98. The summed E-state index contributed by atoms with van der Waals surface area (Å²) in [6.07, 6.45) is 1.88. The van der Waals surface area contributed by atoms with E-state index in [2.05, 4.69) is 58.9 Å². The van der Waals surface area contributed by atoms with Crippen molar-refractivity contribution in [3.05, 3.63) is 84.7 Å². The molecule has 0 fully saturated rings. The molecule has 0 saturated heterocycles. The number of para-hydroxylation sites is 1. The molecule has 26 heavy (non-hydrogen) atoms. The Morgan fingerprint density at radius 1 is 0.923 bits per heavy atom. The minimum absolute atomic E-state index is 0. The van der Waals surface area contributed by atoms with Crippen LogP contribution < -0.4 is 4.57 Å². The minimum atomic E-state index is 0. The number of benzene rings is 3. The summed E-state index contributed by atoms with van der Waals surface area (Å²) in [5.74, 6) is 0. The van der Waals surface area contributed by atoms with Crippen molar-refractivity contribution < 1.29 is 37.3 Å². The van der Waals surface area contributed by atoms with Gasteiger partial charge in [-0.05, 0) is 17.1 Å². The average Bonchev–Trinajstić information content (AvgIpc) is 2.63. The van der Waals surface area contributed by atoms with E-state index in [4.69, 9.17) is 0 Å². The Morgan fingerprint density at radius 2 is 1.69 bits per heavy atom. The molecule has 3 aromatic carbocycles. The number of nitrogens with zero attached hydrogens (tertiary/aromatic N) is 2. The van der Waals surface area contributed by atoms with Crippen LogP contribution in [0.3, 0.4) is 0 Å². The predicted molar refractivity (Wildman–Crippen MR) is 102 cm³/mol. The Labute approximate surface area is 181 Å². The summed E-state index contributed by atoms with van der Waals surface area (Å²) in [5.41, 5.74) is 6.67. The average molecular weight is 409 g/mol. The zero-order chi connectivity index (χ0) is 16.5. The molecule has 0 saturated carbocycles. The zero-order valence-corrected chi connectivity index (χ0v) is 17.7. The van der Waals surface area contributed by atoms with E-state index in [1.165, 1.54) is 11.1 Å². The fourth-order valence-electron chi connectivity index (χ4n) is 3.16. The number of fused-ring (bicyclic) bond motifs is 1. The summed E-state index contributed by atoms with van der Waals surface area (Å²) >= 11 is 0. The molecule has 0 spiro atoms. The smallest absolute Gasteiger partial charge is 0.241 e. The van der Waals surface area contributed by atoms with Crippen LogP contribution in [0.4, 0.5) is 0 Å². The zero-order valence-electron chi connectivity index (χ0n) is 14.9. The van der Waals surface area contributed by atoms with Crippen LogP contribution in [0.5, 0.6) is 0 Å². The molecule has 0 aliphatic rings. The van der Waals surface area contributed by atoms with E-state index >= 15 is 0 Å². The van der Waals surface area contributed by atoms with Gasteiger partial charge in [-0.1, -0.05) is 24.6 Å². The molecule has 4 heteroatoms. The van der Waals surface area contributed by atoms with Crippen molar-refractivity contribution in [2.75, 3.05) is 0 Å². The Bertz CT molecular complexity index is 1030. The maximum atomic E-state index is 4.54. The van der Waals surface area contributed by atoms with Crippen molar-refractivity contribution in [3.8, 4) is 22.4 Å². The fourth-order valence-corrected chi connectivity index (χ4v) is 3.16. The third-order valence-electron chi connectivity index (χ3n) is 4.30. The van der Waals surface area contributed by atoms with Gasteiger partial charge in [-0.2, -0.15) is 36.4 Å². The maximum Gasteiger partial charge on any atom is 0.286 e. The molecule has 0 atom stereocenters. The Morgan fingerprint density at radius 3 is 2.46 bits per heavy atom. The van der Waals surface area contributed by atoms with Crippen LogP contribution in [-0.2, 0) is 39.8 Å². The van der Waals surface area contributed by atoms with Crippen LogP contribution in [0.2, 0.25) is 0 Å². The van der Waals surface area contributed by atoms with E-state index in [-0.39, 0.29) is 41.1 Å². The molecule has 0 unspecified atom stereocenters. The van der Waals surface area contributed by atoms with Crippen molar-refractivity contribution in [1.82, 2.24) is 4.98 Å². The molecular formula is C22H17BN2Y-. The van der Waals surface area contributed by atoms with Gasteiger partial charge in [0.1, 0.15) is 0 Å². The molecule has 1 aromatic heterocycles. The summed E-state index contributed by atoms with van der Waals surface area (Å²) in [4.78, 5) is 4.54. The Balaban J connectivity index is 0.00000121. The molecule has 4 radical (unpaired) electrons. The number of hydrogen-bond acceptors (Lipinski definition) is 1. The fraction of sp³-hybridized carbons (Fsp3) is 0.0909. The van der Waals surface area contributed by atoms with Crippen molar-refractivity contribution >= 4 is 19.3 Å². The van der Waals surface area contributed by atoms with Gasteiger partial charge in [-0.15, -0.1) is 17.7 Å². The Kier molecular flexibility index (Phi) is 6.86. The first kappa shape index (κ1) is 20.5. The molecule has 122 valence electrons. The molecule has 2 nitrogen and oxygen atoms in total. The van der Waals surface area contributed by atoms with Gasteiger partial charge in [-0.25, -0.2) is 15.7 Å². The van der Waals surface area contributed by atoms with E-state index in [1.807, 2.05) is 43.7 Å². The van der Waals surface area contributed by atoms with Gasteiger partial charge in [-0.3, -0.25) is 0 Å². The van der Waals surface area contributed by atoms with Gasteiger partial charge in [0.2, 0.25) is 0 Å². The van der Waals surface area contributed by atoms with E-state index in [0.29, 0.717) is 0 Å². The summed E-state index contributed by atoms with van der Waals surface area (Å²) in [7, 11) is 2.04. The van der Waals surface area contributed by atoms with E-state index in [9.17, 15) is 0 Å². The summed E-state index contributed by atoms with van der Waals surface area (Å²) in [6.45, 7) is 2.14. The van der Waals surface area contributed by atoms with Gasteiger partial charge in [0.05, 0.1) is 18.1 Å². The standard InChI is InChI=1S/C22H17N2.B.Y/c1-16-9-8-13-18(17-10-4-3-5-11-17)21(16)22-19-12-6-7-14-20(19)23-15-24(22)2;;/h3-10,12,14-15H,1-2H3;;/q-1;;. The monoisotopic (exact) mass is 409 g/mol. The van der Waals surface area contributed by atoms with Crippen molar-refractivity contribution in [1.29, 1.82) is 0 Å². The van der Waals surface area contributed by atoms with Gasteiger partial charge in [0, 0.05) is 41.1 Å².